The van der Waals surface area contributed by atoms with Gasteiger partial charge in [-0.25, -0.2) is 4.98 Å². The highest BCUT2D eigenvalue weighted by Gasteiger charge is 2.11. The molecule has 1 aromatic carbocycles. The van der Waals surface area contributed by atoms with Crippen LogP contribution in [0.15, 0.2) is 36.8 Å². The summed E-state index contributed by atoms with van der Waals surface area (Å²) in [4.78, 5) is 4.03. The third-order valence-corrected chi connectivity index (χ3v) is 2.57. The summed E-state index contributed by atoms with van der Waals surface area (Å²) >= 11 is 5.91. The van der Waals surface area contributed by atoms with Gasteiger partial charge in [-0.2, -0.15) is 0 Å². The molecule has 3 N–H and O–H groups in total. The molecule has 1 heterocycles. The van der Waals surface area contributed by atoms with Crippen molar-refractivity contribution in [2.45, 2.75) is 6.04 Å². The molecule has 1 atom stereocenters. The normalized spacial score (nSPS) is 12.7. The lowest BCUT2D eigenvalue weighted by molar-refractivity contribution is 0.265. The Labute approximate surface area is 98.3 Å². The van der Waals surface area contributed by atoms with Crippen LogP contribution in [0.4, 0.5) is 0 Å². The largest absolute Gasteiger partial charge is 0.394 e. The molecule has 0 bridgehead atoms. The van der Waals surface area contributed by atoms with Crippen LogP contribution in [0.2, 0.25) is 5.02 Å². The van der Waals surface area contributed by atoms with Crippen LogP contribution in [-0.4, -0.2) is 21.3 Å². The summed E-state index contributed by atoms with van der Waals surface area (Å²) in [7, 11) is 0. The predicted molar refractivity (Wildman–Crippen MR) is 62.6 cm³/mol. The number of rotatable bonds is 3. The smallest absolute Gasteiger partial charge is 0.0994 e. The molecule has 0 fully saturated rings. The molecular formula is C11H12ClN3O. The zero-order valence-corrected chi connectivity index (χ0v) is 9.30. The van der Waals surface area contributed by atoms with Gasteiger partial charge >= 0.3 is 0 Å². The van der Waals surface area contributed by atoms with Gasteiger partial charge in [-0.1, -0.05) is 17.7 Å². The van der Waals surface area contributed by atoms with Gasteiger partial charge in [0.1, 0.15) is 0 Å². The van der Waals surface area contributed by atoms with Gasteiger partial charge in [0.15, 0.2) is 0 Å². The minimum Gasteiger partial charge on any atom is -0.394 e. The standard InChI is InChI=1S/C11H12ClN3O/c12-8-2-1-3-9(4-8)15-7-14-5-11(15)10(13)6-16/h1-5,7,10,16H,6,13H2. The van der Waals surface area contributed by atoms with Gasteiger partial charge in [0.25, 0.3) is 0 Å². The number of nitrogens with two attached hydrogens (primary N) is 1. The molecule has 1 unspecified atom stereocenters. The van der Waals surface area contributed by atoms with Crippen molar-refractivity contribution in [2.75, 3.05) is 6.61 Å². The second kappa shape index (κ2) is 4.65. The van der Waals surface area contributed by atoms with Crippen LogP contribution < -0.4 is 5.73 Å². The van der Waals surface area contributed by atoms with Crippen LogP contribution in [0.25, 0.3) is 5.69 Å². The topological polar surface area (TPSA) is 64.1 Å². The molecule has 1 aromatic heterocycles. The van der Waals surface area contributed by atoms with Crippen molar-refractivity contribution in [3.8, 4) is 5.69 Å². The van der Waals surface area contributed by atoms with Crippen LogP contribution in [0.1, 0.15) is 11.7 Å². The Hall–Kier alpha value is -1.36. The maximum atomic E-state index is 9.04. The molecular weight excluding hydrogens is 226 g/mol. The quantitative estimate of drug-likeness (QED) is 0.851. The summed E-state index contributed by atoms with van der Waals surface area (Å²) in [6.07, 6.45) is 3.29. The summed E-state index contributed by atoms with van der Waals surface area (Å²) in [5, 5.41) is 9.69. The van der Waals surface area contributed by atoms with E-state index in [1.807, 2.05) is 22.8 Å². The molecule has 0 aliphatic rings. The molecule has 0 saturated heterocycles. The molecule has 2 rings (SSSR count). The first-order valence-electron chi connectivity index (χ1n) is 4.87. The highest BCUT2D eigenvalue weighted by Crippen LogP contribution is 2.19. The zero-order valence-electron chi connectivity index (χ0n) is 8.55. The number of benzene rings is 1. The third-order valence-electron chi connectivity index (χ3n) is 2.33. The number of aliphatic hydroxyl groups is 1. The van der Waals surface area contributed by atoms with E-state index in [-0.39, 0.29) is 6.61 Å². The first kappa shape index (κ1) is 11.1. The first-order chi connectivity index (χ1) is 7.72. The van der Waals surface area contributed by atoms with Gasteiger partial charge in [-0.15, -0.1) is 0 Å². The maximum absolute atomic E-state index is 9.04. The molecule has 0 spiro atoms. The van der Waals surface area contributed by atoms with E-state index < -0.39 is 6.04 Å². The number of nitrogens with zero attached hydrogens (tertiary/aromatic N) is 2. The van der Waals surface area contributed by atoms with E-state index in [1.54, 1.807) is 18.6 Å². The Morgan fingerprint density at radius 3 is 3.00 bits per heavy atom. The van der Waals surface area contributed by atoms with E-state index in [0.29, 0.717) is 5.02 Å². The van der Waals surface area contributed by atoms with Crippen molar-refractivity contribution >= 4 is 11.6 Å². The minimum absolute atomic E-state index is 0.119. The second-order valence-electron chi connectivity index (χ2n) is 3.46. The minimum atomic E-state index is -0.443. The Bertz CT molecular complexity index is 484. The van der Waals surface area contributed by atoms with E-state index in [0.717, 1.165) is 11.4 Å². The van der Waals surface area contributed by atoms with Gasteiger partial charge in [0.05, 0.1) is 30.9 Å². The predicted octanol–water partition coefficient (Wildman–Crippen LogP) is 1.52. The van der Waals surface area contributed by atoms with Crippen molar-refractivity contribution in [2.24, 2.45) is 5.73 Å². The van der Waals surface area contributed by atoms with Crippen LogP contribution >= 0.6 is 11.6 Å². The molecule has 16 heavy (non-hydrogen) atoms. The molecule has 0 aliphatic carbocycles. The highest BCUT2D eigenvalue weighted by molar-refractivity contribution is 6.30. The lowest BCUT2D eigenvalue weighted by atomic mass is 10.2. The molecule has 2 aromatic rings. The fourth-order valence-electron chi connectivity index (χ4n) is 1.51. The van der Waals surface area contributed by atoms with Gasteiger partial charge < -0.3 is 15.4 Å². The van der Waals surface area contributed by atoms with Gasteiger partial charge in [-0.3, -0.25) is 0 Å². The first-order valence-corrected chi connectivity index (χ1v) is 5.25. The third kappa shape index (κ3) is 2.09. The number of hydrogen-bond donors (Lipinski definition) is 2. The molecule has 84 valence electrons. The van der Waals surface area contributed by atoms with Crippen molar-refractivity contribution in [1.29, 1.82) is 0 Å². The number of aromatic nitrogens is 2. The molecule has 0 radical (unpaired) electrons. The molecule has 0 amide bonds. The average molecular weight is 238 g/mol. The van der Waals surface area contributed by atoms with Crippen molar-refractivity contribution in [3.05, 3.63) is 47.5 Å². The maximum Gasteiger partial charge on any atom is 0.0994 e. The summed E-state index contributed by atoms with van der Waals surface area (Å²) in [5.41, 5.74) is 7.40. The molecule has 4 nitrogen and oxygen atoms in total. The zero-order chi connectivity index (χ0) is 11.5. The number of halogens is 1. The fourth-order valence-corrected chi connectivity index (χ4v) is 1.70. The lowest BCUT2D eigenvalue weighted by Crippen LogP contribution is -2.17. The van der Waals surface area contributed by atoms with Crippen molar-refractivity contribution < 1.29 is 5.11 Å². The van der Waals surface area contributed by atoms with Crippen molar-refractivity contribution in [3.63, 3.8) is 0 Å². The number of imidazole rings is 1. The van der Waals surface area contributed by atoms with E-state index in [1.165, 1.54) is 0 Å². The van der Waals surface area contributed by atoms with E-state index in [4.69, 9.17) is 22.4 Å². The fraction of sp³-hybridized carbons (Fsp3) is 0.182. The Morgan fingerprint density at radius 2 is 2.31 bits per heavy atom. The average Bonchev–Trinajstić information content (AvgIpc) is 2.77. The second-order valence-corrected chi connectivity index (χ2v) is 3.89. The van der Waals surface area contributed by atoms with Crippen LogP contribution in [0.5, 0.6) is 0 Å². The Morgan fingerprint density at radius 1 is 1.50 bits per heavy atom. The summed E-state index contributed by atoms with van der Waals surface area (Å²) in [5.74, 6) is 0. The van der Waals surface area contributed by atoms with Gasteiger partial charge in [0.2, 0.25) is 0 Å². The van der Waals surface area contributed by atoms with E-state index >= 15 is 0 Å². The van der Waals surface area contributed by atoms with E-state index in [9.17, 15) is 0 Å². The molecule has 0 saturated carbocycles. The van der Waals surface area contributed by atoms with Crippen LogP contribution in [-0.2, 0) is 0 Å². The van der Waals surface area contributed by atoms with E-state index in [2.05, 4.69) is 4.98 Å². The number of hydrogen-bond acceptors (Lipinski definition) is 3. The highest BCUT2D eigenvalue weighted by atomic mass is 35.5. The Kier molecular flexibility index (Phi) is 3.24. The SMILES string of the molecule is NC(CO)c1cncn1-c1cccc(Cl)c1. The summed E-state index contributed by atoms with van der Waals surface area (Å²) in [6.45, 7) is -0.119. The van der Waals surface area contributed by atoms with Crippen molar-refractivity contribution in [1.82, 2.24) is 9.55 Å². The lowest BCUT2D eigenvalue weighted by Gasteiger charge is -2.12. The van der Waals surface area contributed by atoms with Crippen LogP contribution in [0, 0.1) is 0 Å². The summed E-state index contributed by atoms with van der Waals surface area (Å²) < 4.78 is 1.81. The number of aliphatic hydroxyl groups excluding tert-OH is 1. The Balaban J connectivity index is 2.44. The van der Waals surface area contributed by atoms with Gasteiger partial charge in [-0.05, 0) is 18.2 Å². The molecule has 0 aliphatic heterocycles. The van der Waals surface area contributed by atoms with Crippen LogP contribution in [0.3, 0.4) is 0 Å². The van der Waals surface area contributed by atoms with Gasteiger partial charge in [0, 0.05) is 10.7 Å². The summed E-state index contributed by atoms with van der Waals surface area (Å²) in [6, 6.07) is 6.93. The molecule has 5 heteroatoms. The monoisotopic (exact) mass is 237 g/mol.